The van der Waals surface area contributed by atoms with Gasteiger partial charge in [-0.05, 0) is 30.3 Å². The van der Waals surface area contributed by atoms with Gasteiger partial charge in [0.15, 0.2) is 0 Å². The predicted octanol–water partition coefficient (Wildman–Crippen LogP) is 4.30. The third kappa shape index (κ3) is 2.36. The summed E-state index contributed by atoms with van der Waals surface area (Å²) in [5.74, 6) is -1.37. The number of aromatic amines is 1. The smallest absolute Gasteiger partial charge is 0.258 e. The van der Waals surface area contributed by atoms with Gasteiger partial charge >= 0.3 is 0 Å². The van der Waals surface area contributed by atoms with Crippen LogP contribution in [0, 0.1) is 11.6 Å². The number of H-pyrrole nitrogens is 1. The van der Waals surface area contributed by atoms with Gasteiger partial charge in [-0.15, -0.1) is 0 Å². The average molecular weight is 347 g/mol. The number of carbonyl (C=O) groups excluding carboxylic acids is 1. The van der Waals surface area contributed by atoms with Crippen molar-refractivity contribution < 1.29 is 13.6 Å². The SMILES string of the molecule is O=C(c1c(F)cccc1Cl)N1CCc2[nH]c3cc(F)ccc3c2C1. The number of hydrogen-bond donors (Lipinski definition) is 1. The fourth-order valence-electron chi connectivity index (χ4n) is 3.23. The van der Waals surface area contributed by atoms with Gasteiger partial charge in [0, 0.05) is 41.7 Å². The Morgan fingerprint density at radius 1 is 1.21 bits per heavy atom. The molecule has 0 aliphatic carbocycles. The van der Waals surface area contributed by atoms with Crippen molar-refractivity contribution in [2.24, 2.45) is 0 Å². The Balaban J connectivity index is 1.71. The van der Waals surface area contributed by atoms with Crippen molar-refractivity contribution >= 4 is 28.4 Å². The first-order valence-electron chi connectivity index (χ1n) is 7.57. The minimum Gasteiger partial charge on any atom is -0.358 e. The van der Waals surface area contributed by atoms with Crippen LogP contribution in [0.3, 0.4) is 0 Å². The molecule has 0 atom stereocenters. The molecular formula is C18H13ClF2N2O. The van der Waals surface area contributed by atoms with E-state index in [2.05, 4.69) is 4.98 Å². The maximum atomic E-state index is 14.0. The summed E-state index contributed by atoms with van der Waals surface area (Å²) in [7, 11) is 0. The fourth-order valence-corrected chi connectivity index (χ4v) is 3.47. The van der Waals surface area contributed by atoms with Gasteiger partial charge in [0.2, 0.25) is 0 Å². The molecule has 0 saturated heterocycles. The third-order valence-corrected chi connectivity index (χ3v) is 4.72. The lowest BCUT2D eigenvalue weighted by molar-refractivity contribution is 0.0730. The fraction of sp³-hybridized carbons (Fsp3) is 0.167. The Morgan fingerprint density at radius 2 is 2.04 bits per heavy atom. The summed E-state index contributed by atoms with van der Waals surface area (Å²) in [6, 6.07) is 8.73. The van der Waals surface area contributed by atoms with Gasteiger partial charge in [-0.25, -0.2) is 8.78 Å². The highest BCUT2D eigenvalue weighted by Gasteiger charge is 2.27. The van der Waals surface area contributed by atoms with Gasteiger partial charge in [0.05, 0.1) is 10.6 Å². The van der Waals surface area contributed by atoms with Gasteiger partial charge in [-0.2, -0.15) is 0 Å². The average Bonchev–Trinajstić information content (AvgIpc) is 2.91. The maximum Gasteiger partial charge on any atom is 0.258 e. The Hall–Kier alpha value is -2.40. The second-order valence-corrected chi connectivity index (χ2v) is 6.25. The predicted molar refractivity (Wildman–Crippen MR) is 88.1 cm³/mol. The van der Waals surface area contributed by atoms with E-state index in [-0.39, 0.29) is 16.4 Å². The molecule has 0 unspecified atom stereocenters. The molecule has 0 saturated carbocycles. The number of nitrogens with zero attached hydrogens (tertiary/aromatic N) is 1. The van der Waals surface area contributed by atoms with Crippen molar-refractivity contribution in [3.05, 3.63) is 69.9 Å². The number of nitrogens with one attached hydrogen (secondary N) is 1. The molecule has 0 radical (unpaired) electrons. The molecule has 2 aromatic carbocycles. The molecule has 24 heavy (non-hydrogen) atoms. The van der Waals surface area contributed by atoms with Crippen LogP contribution in [0.15, 0.2) is 36.4 Å². The van der Waals surface area contributed by atoms with Gasteiger partial charge in [0.25, 0.3) is 5.91 Å². The lowest BCUT2D eigenvalue weighted by Crippen LogP contribution is -2.36. The molecule has 1 aromatic heterocycles. The summed E-state index contributed by atoms with van der Waals surface area (Å²) >= 11 is 6.00. The standard InChI is InChI=1S/C18H13ClF2N2O/c19-13-2-1-3-14(21)17(13)18(24)23-7-6-15-12(9-23)11-5-4-10(20)8-16(11)22-15/h1-5,8,22H,6-7,9H2. The summed E-state index contributed by atoms with van der Waals surface area (Å²) in [4.78, 5) is 17.5. The lowest BCUT2D eigenvalue weighted by atomic mass is 10.0. The third-order valence-electron chi connectivity index (χ3n) is 4.40. The van der Waals surface area contributed by atoms with Gasteiger partial charge in [0.1, 0.15) is 11.6 Å². The highest BCUT2D eigenvalue weighted by molar-refractivity contribution is 6.33. The van der Waals surface area contributed by atoms with Crippen LogP contribution in [0.4, 0.5) is 8.78 Å². The van der Waals surface area contributed by atoms with Crippen LogP contribution in [-0.4, -0.2) is 22.3 Å². The Morgan fingerprint density at radius 3 is 2.83 bits per heavy atom. The number of amides is 1. The number of halogens is 3. The molecular weight excluding hydrogens is 334 g/mol. The largest absolute Gasteiger partial charge is 0.358 e. The van der Waals surface area contributed by atoms with E-state index in [1.807, 2.05) is 0 Å². The van der Waals surface area contributed by atoms with Crippen molar-refractivity contribution in [1.29, 1.82) is 0 Å². The molecule has 2 heterocycles. The second-order valence-electron chi connectivity index (χ2n) is 5.85. The van der Waals surface area contributed by atoms with Crippen molar-refractivity contribution in [3.63, 3.8) is 0 Å². The van der Waals surface area contributed by atoms with Crippen molar-refractivity contribution in [2.45, 2.75) is 13.0 Å². The zero-order chi connectivity index (χ0) is 16.8. The molecule has 0 fully saturated rings. The molecule has 1 N–H and O–H groups in total. The first-order chi connectivity index (χ1) is 11.5. The Kier molecular flexibility index (Phi) is 3.53. The first kappa shape index (κ1) is 15.1. The monoisotopic (exact) mass is 346 g/mol. The number of rotatable bonds is 1. The zero-order valence-corrected chi connectivity index (χ0v) is 13.3. The van der Waals surface area contributed by atoms with Crippen LogP contribution in [0.1, 0.15) is 21.6 Å². The molecule has 0 bridgehead atoms. The quantitative estimate of drug-likeness (QED) is 0.700. The van der Waals surface area contributed by atoms with Crippen LogP contribution in [0.25, 0.3) is 10.9 Å². The van der Waals surface area contributed by atoms with Crippen LogP contribution in [0.5, 0.6) is 0 Å². The molecule has 1 aliphatic rings. The van der Waals surface area contributed by atoms with E-state index in [0.29, 0.717) is 25.0 Å². The molecule has 0 spiro atoms. The van der Waals surface area contributed by atoms with E-state index in [9.17, 15) is 13.6 Å². The Labute approximate surface area is 141 Å². The zero-order valence-electron chi connectivity index (χ0n) is 12.6. The van der Waals surface area contributed by atoms with Crippen LogP contribution >= 0.6 is 11.6 Å². The number of hydrogen-bond acceptors (Lipinski definition) is 1. The van der Waals surface area contributed by atoms with Crippen molar-refractivity contribution in [3.8, 4) is 0 Å². The normalized spacial score (nSPS) is 14.0. The van der Waals surface area contributed by atoms with E-state index in [4.69, 9.17) is 11.6 Å². The van der Waals surface area contributed by atoms with E-state index >= 15 is 0 Å². The van der Waals surface area contributed by atoms with E-state index in [1.54, 1.807) is 11.0 Å². The highest BCUT2D eigenvalue weighted by Crippen LogP contribution is 2.30. The number of fused-ring (bicyclic) bond motifs is 3. The van der Waals surface area contributed by atoms with Crippen LogP contribution in [-0.2, 0) is 13.0 Å². The Bertz CT molecular complexity index is 947. The van der Waals surface area contributed by atoms with Gasteiger partial charge < -0.3 is 9.88 Å². The maximum absolute atomic E-state index is 14.0. The molecule has 3 nitrogen and oxygen atoms in total. The van der Waals surface area contributed by atoms with Gasteiger partial charge in [-0.3, -0.25) is 4.79 Å². The first-order valence-corrected chi connectivity index (χ1v) is 7.94. The van der Waals surface area contributed by atoms with Crippen LogP contribution in [0.2, 0.25) is 5.02 Å². The van der Waals surface area contributed by atoms with Gasteiger partial charge in [-0.1, -0.05) is 17.7 Å². The summed E-state index contributed by atoms with van der Waals surface area (Å²) < 4.78 is 27.4. The number of aromatic nitrogens is 1. The molecule has 6 heteroatoms. The van der Waals surface area contributed by atoms with Crippen LogP contribution < -0.4 is 0 Å². The number of benzene rings is 2. The molecule has 122 valence electrons. The van der Waals surface area contributed by atoms with E-state index < -0.39 is 11.7 Å². The molecule has 4 rings (SSSR count). The van der Waals surface area contributed by atoms with E-state index in [1.165, 1.54) is 30.3 Å². The molecule has 1 aliphatic heterocycles. The lowest BCUT2D eigenvalue weighted by Gasteiger charge is -2.27. The summed E-state index contributed by atoms with van der Waals surface area (Å²) in [5.41, 5.74) is 2.53. The summed E-state index contributed by atoms with van der Waals surface area (Å²) in [6.45, 7) is 0.788. The minimum absolute atomic E-state index is 0.103. The highest BCUT2D eigenvalue weighted by atomic mass is 35.5. The second kappa shape index (κ2) is 5.60. The topological polar surface area (TPSA) is 36.1 Å². The van der Waals surface area contributed by atoms with E-state index in [0.717, 1.165) is 16.6 Å². The molecule has 3 aromatic rings. The summed E-state index contributed by atoms with van der Waals surface area (Å²) in [6.07, 6.45) is 0.601. The minimum atomic E-state index is -0.626. The van der Waals surface area contributed by atoms with Crippen molar-refractivity contribution in [1.82, 2.24) is 9.88 Å². The number of carbonyl (C=O) groups is 1. The van der Waals surface area contributed by atoms with Crippen molar-refractivity contribution in [2.75, 3.05) is 6.54 Å². The summed E-state index contributed by atoms with van der Waals surface area (Å²) in [5, 5.41) is 0.982. The molecule has 1 amide bonds.